The van der Waals surface area contributed by atoms with Crippen LogP contribution in [0.4, 0.5) is 10.8 Å². The summed E-state index contributed by atoms with van der Waals surface area (Å²) in [5.41, 5.74) is 1.31. The van der Waals surface area contributed by atoms with Gasteiger partial charge in [-0.15, -0.1) is 0 Å². The molecule has 9 nitrogen and oxygen atoms in total. The zero-order valence-electron chi connectivity index (χ0n) is 20.4. The van der Waals surface area contributed by atoms with Crippen molar-refractivity contribution in [1.29, 1.82) is 0 Å². The Morgan fingerprint density at radius 3 is 2.36 bits per heavy atom. The van der Waals surface area contributed by atoms with Crippen LogP contribution in [0.15, 0.2) is 47.4 Å². The monoisotopic (exact) mass is 528 g/mol. The largest absolute Gasteiger partial charge is 0.302 e. The number of hydrogen-bond donors (Lipinski definition) is 0. The maximum Gasteiger partial charge on any atom is 0.260 e. The van der Waals surface area contributed by atoms with Crippen molar-refractivity contribution < 1.29 is 22.8 Å². The highest BCUT2D eigenvalue weighted by atomic mass is 32.2. The first-order chi connectivity index (χ1) is 17.1. The van der Waals surface area contributed by atoms with Gasteiger partial charge in [0.15, 0.2) is 15.0 Å². The molecule has 1 aliphatic heterocycles. The Hall–Kier alpha value is -3.15. The van der Waals surface area contributed by atoms with Crippen molar-refractivity contribution in [2.75, 3.05) is 42.2 Å². The van der Waals surface area contributed by atoms with Crippen LogP contribution in [0.2, 0.25) is 0 Å². The van der Waals surface area contributed by atoms with E-state index in [0.717, 1.165) is 24.2 Å². The maximum atomic E-state index is 13.8. The molecule has 2 heterocycles. The van der Waals surface area contributed by atoms with E-state index < -0.39 is 9.84 Å². The molecule has 0 bridgehead atoms. The zero-order chi connectivity index (χ0) is 26.0. The first-order valence-electron chi connectivity index (χ1n) is 11.7. The number of amides is 3. The molecule has 0 unspecified atom stereocenters. The Bertz CT molecular complexity index is 1410. The fourth-order valence-electron chi connectivity index (χ4n) is 4.10. The van der Waals surface area contributed by atoms with Crippen LogP contribution < -0.4 is 9.80 Å². The highest BCUT2D eigenvalue weighted by Gasteiger charge is 2.31. The van der Waals surface area contributed by atoms with E-state index in [1.165, 1.54) is 17.4 Å². The number of benzene rings is 2. The van der Waals surface area contributed by atoms with E-state index in [1.807, 2.05) is 13.8 Å². The summed E-state index contributed by atoms with van der Waals surface area (Å²) in [4.78, 5) is 47.9. The number of aromatic nitrogens is 1. The molecule has 0 spiro atoms. The molecule has 4 rings (SSSR count). The molecule has 190 valence electrons. The minimum absolute atomic E-state index is 0.161. The molecule has 0 N–H and O–H groups in total. The molecule has 1 fully saturated rings. The predicted molar refractivity (Wildman–Crippen MR) is 140 cm³/mol. The number of carbonyl (C=O) groups is 3. The number of hydrogen-bond acceptors (Lipinski definition) is 8. The lowest BCUT2D eigenvalue weighted by atomic mass is 10.1. The van der Waals surface area contributed by atoms with Gasteiger partial charge < -0.3 is 4.90 Å². The summed E-state index contributed by atoms with van der Waals surface area (Å²) in [5.74, 6) is -0.878. The summed E-state index contributed by atoms with van der Waals surface area (Å²) in [6, 6.07) is 11.2. The third-order valence-electron chi connectivity index (χ3n) is 6.19. The van der Waals surface area contributed by atoms with Gasteiger partial charge in [-0.05, 0) is 49.5 Å². The molecule has 0 atom stereocenters. The minimum atomic E-state index is -3.38. The molecule has 36 heavy (non-hydrogen) atoms. The topological polar surface area (TPSA) is 108 Å². The molecule has 0 aliphatic carbocycles. The number of sulfone groups is 1. The summed E-state index contributed by atoms with van der Waals surface area (Å²) < 4.78 is 24.7. The summed E-state index contributed by atoms with van der Waals surface area (Å²) in [7, 11) is -3.38. The normalized spacial score (nSPS) is 14.3. The molecule has 1 aliphatic rings. The number of likely N-dealkylation sites (N-methyl/N-ethyl adjacent to an activating group) is 1. The van der Waals surface area contributed by atoms with E-state index in [0.29, 0.717) is 39.7 Å². The van der Waals surface area contributed by atoms with Gasteiger partial charge in [0.25, 0.3) is 5.91 Å². The number of nitrogens with zero attached hydrogens (tertiary/aromatic N) is 4. The lowest BCUT2D eigenvalue weighted by Gasteiger charge is -2.25. The highest BCUT2D eigenvalue weighted by molar-refractivity contribution is 7.90. The fourth-order valence-corrected chi connectivity index (χ4v) is 5.85. The second-order valence-corrected chi connectivity index (χ2v) is 11.6. The van der Waals surface area contributed by atoms with Gasteiger partial charge in [-0.3, -0.25) is 24.2 Å². The number of rotatable bonds is 9. The second-order valence-electron chi connectivity index (χ2n) is 8.56. The van der Waals surface area contributed by atoms with Gasteiger partial charge in [-0.2, -0.15) is 0 Å². The van der Waals surface area contributed by atoms with E-state index in [1.54, 1.807) is 41.3 Å². The van der Waals surface area contributed by atoms with Crippen LogP contribution in [0.3, 0.4) is 0 Å². The smallest absolute Gasteiger partial charge is 0.260 e. The van der Waals surface area contributed by atoms with Gasteiger partial charge in [0.1, 0.15) is 0 Å². The Kier molecular flexibility index (Phi) is 7.53. The van der Waals surface area contributed by atoms with Crippen LogP contribution >= 0.6 is 11.3 Å². The number of imide groups is 1. The van der Waals surface area contributed by atoms with E-state index >= 15 is 0 Å². The molecule has 11 heteroatoms. The SMILES string of the molecule is CCN(CC)CCN(C(=O)c1cccc(N2C(=O)CCC2=O)c1)c1nc2ccc(S(C)(=O)=O)cc2s1. The van der Waals surface area contributed by atoms with Gasteiger partial charge in [-0.25, -0.2) is 13.4 Å². The van der Waals surface area contributed by atoms with Gasteiger partial charge in [0.05, 0.1) is 20.8 Å². The molecule has 0 saturated carbocycles. The average molecular weight is 529 g/mol. The first kappa shape index (κ1) is 25.9. The van der Waals surface area contributed by atoms with Gasteiger partial charge in [0, 0.05) is 37.8 Å². The van der Waals surface area contributed by atoms with Gasteiger partial charge in [-0.1, -0.05) is 31.3 Å². The van der Waals surface area contributed by atoms with Crippen LogP contribution in [0.1, 0.15) is 37.0 Å². The van der Waals surface area contributed by atoms with Crippen LogP contribution in [-0.2, 0) is 19.4 Å². The molecule has 1 aromatic heterocycles. The van der Waals surface area contributed by atoms with Gasteiger partial charge in [0.2, 0.25) is 11.8 Å². The minimum Gasteiger partial charge on any atom is -0.302 e. The van der Waals surface area contributed by atoms with E-state index in [9.17, 15) is 22.8 Å². The third-order valence-corrected chi connectivity index (χ3v) is 8.34. The summed E-state index contributed by atoms with van der Waals surface area (Å²) in [6.07, 6.45) is 1.47. The van der Waals surface area contributed by atoms with Crippen molar-refractivity contribution in [3.63, 3.8) is 0 Å². The number of thiazole rings is 1. The standard InChI is InChI=1S/C25H28N4O5S2/c1-4-27(5-2)13-14-28(25-26-20-10-9-19(36(3,33)34)16-21(20)35-25)24(32)17-7-6-8-18(15-17)29-22(30)11-12-23(29)31/h6-10,15-16H,4-5,11-14H2,1-3H3. The lowest BCUT2D eigenvalue weighted by molar-refractivity contribution is -0.121. The number of fused-ring (bicyclic) bond motifs is 1. The van der Waals surface area contributed by atoms with Crippen molar-refractivity contribution in [2.45, 2.75) is 31.6 Å². The van der Waals surface area contributed by atoms with Crippen LogP contribution in [0.25, 0.3) is 10.2 Å². The third kappa shape index (κ3) is 5.32. The summed E-state index contributed by atoms with van der Waals surface area (Å²) in [5, 5.41) is 0.450. The summed E-state index contributed by atoms with van der Waals surface area (Å²) in [6.45, 7) is 6.73. The summed E-state index contributed by atoms with van der Waals surface area (Å²) >= 11 is 1.25. The lowest BCUT2D eigenvalue weighted by Crippen LogP contribution is -2.39. The van der Waals surface area contributed by atoms with Crippen molar-refractivity contribution in [3.8, 4) is 0 Å². The molecular weight excluding hydrogens is 500 g/mol. The van der Waals surface area contributed by atoms with Crippen LogP contribution in [0.5, 0.6) is 0 Å². The Morgan fingerprint density at radius 2 is 1.72 bits per heavy atom. The zero-order valence-corrected chi connectivity index (χ0v) is 22.1. The Morgan fingerprint density at radius 1 is 1.03 bits per heavy atom. The fraction of sp³-hybridized carbons (Fsp3) is 0.360. The average Bonchev–Trinajstić information content (AvgIpc) is 3.43. The quantitative estimate of drug-likeness (QED) is 0.392. The van der Waals surface area contributed by atoms with Crippen molar-refractivity contribution in [2.24, 2.45) is 0 Å². The molecule has 0 radical (unpaired) electrons. The van der Waals surface area contributed by atoms with Crippen molar-refractivity contribution in [3.05, 3.63) is 48.0 Å². The van der Waals surface area contributed by atoms with Crippen LogP contribution in [0, 0.1) is 0 Å². The Labute approximate surface area is 214 Å². The van der Waals surface area contributed by atoms with Crippen molar-refractivity contribution >= 4 is 59.9 Å². The number of anilines is 2. The molecule has 1 saturated heterocycles. The van der Waals surface area contributed by atoms with Gasteiger partial charge >= 0.3 is 0 Å². The van der Waals surface area contributed by atoms with E-state index in [4.69, 9.17) is 0 Å². The predicted octanol–water partition coefficient (Wildman–Crippen LogP) is 3.34. The molecular formula is C25H28N4O5S2. The van der Waals surface area contributed by atoms with Crippen molar-refractivity contribution in [1.82, 2.24) is 9.88 Å². The van der Waals surface area contributed by atoms with Crippen LogP contribution in [-0.4, -0.2) is 68.5 Å². The maximum absolute atomic E-state index is 13.8. The molecule has 2 aromatic carbocycles. The van der Waals surface area contributed by atoms with E-state index in [2.05, 4.69) is 9.88 Å². The number of carbonyl (C=O) groups excluding carboxylic acids is 3. The van der Waals surface area contributed by atoms with E-state index in [-0.39, 0.29) is 35.5 Å². The first-order valence-corrected chi connectivity index (χ1v) is 14.4. The molecule has 3 amide bonds. The second kappa shape index (κ2) is 10.5. The highest BCUT2D eigenvalue weighted by Crippen LogP contribution is 2.32. The molecule has 3 aromatic rings. The Balaban J connectivity index is 1.72.